The summed E-state index contributed by atoms with van der Waals surface area (Å²) in [6, 6.07) is 13.2. The molecule has 3 rings (SSSR count). The largest absolute Gasteiger partial charge is 0.459 e. The molecule has 2 amide bonds. The highest BCUT2D eigenvalue weighted by atomic mass is 16.3. The van der Waals surface area contributed by atoms with Gasteiger partial charge in [-0.25, -0.2) is 0 Å². The number of hydrogen-bond acceptors (Lipinski definition) is 4. The molecular weight excluding hydrogens is 354 g/mol. The molecule has 0 bridgehead atoms. The molecule has 1 aromatic carbocycles. The first-order valence-electron chi connectivity index (χ1n) is 9.94. The first kappa shape index (κ1) is 20.1. The molecule has 6 nitrogen and oxygen atoms in total. The third kappa shape index (κ3) is 5.23. The van der Waals surface area contributed by atoms with Crippen LogP contribution in [0.15, 0.2) is 53.1 Å². The number of amides is 2. The Labute approximate surface area is 166 Å². The van der Waals surface area contributed by atoms with Gasteiger partial charge in [0.25, 0.3) is 5.91 Å². The molecule has 6 heteroatoms. The average molecular weight is 383 g/mol. The van der Waals surface area contributed by atoms with E-state index >= 15 is 0 Å². The molecule has 0 spiro atoms. The third-order valence-electron chi connectivity index (χ3n) is 5.21. The number of carbonyl (C=O) groups is 2. The average Bonchev–Trinajstić information content (AvgIpc) is 3.26. The van der Waals surface area contributed by atoms with Crippen molar-refractivity contribution in [3.05, 3.63) is 60.1 Å². The van der Waals surface area contributed by atoms with E-state index < -0.39 is 6.04 Å². The van der Waals surface area contributed by atoms with Crippen LogP contribution in [0, 0.1) is 5.92 Å². The fraction of sp³-hybridized carbons (Fsp3) is 0.455. The number of nitrogens with zero attached hydrogens (tertiary/aromatic N) is 2. The van der Waals surface area contributed by atoms with Crippen molar-refractivity contribution in [2.75, 3.05) is 32.7 Å². The number of rotatable bonds is 7. The molecule has 0 saturated carbocycles. The molecule has 1 aliphatic rings. The monoisotopic (exact) mass is 383 g/mol. The van der Waals surface area contributed by atoms with Gasteiger partial charge in [0.05, 0.1) is 6.26 Å². The summed E-state index contributed by atoms with van der Waals surface area (Å²) in [6.07, 6.45) is 2.47. The summed E-state index contributed by atoms with van der Waals surface area (Å²) in [5, 5.41) is 2.84. The third-order valence-corrected chi connectivity index (χ3v) is 5.21. The van der Waals surface area contributed by atoms with Crippen molar-refractivity contribution in [2.24, 2.45) is 5.92 Å². The summed E-state index contributed by atoms with van der Waals surface area (Å²) in [6.45, 7) is 7.98. The molecule has 150 valence electrons. The van der Waals surface area contributed by atoms with Gasteiger partial charge in [-0.05, 0) is 30.0 Å². The number of nitrogens with one attached hydrogen (secondary N) is 1. The van der Waals surface area contributed by atoms with Gasteiger partial charge < -0.3 is 14.6 Å². The molecule has 1 fully saturated rings. The molecule has 1 aliphatic heterocycles. The number of benzene rings is 1. The van der Waals surface area contributed by atoms with Crippen LogP contribution in [0.5, 0.6) is 0 Å². The predicted molar refractivity (Wildman–Crippen MR) is 108 cm³/mol. The van der Waals surface area contributed by atoms with E-state index in [4.69, 9.17) is 4.42 Å². The van der Waals surface area contributed by atoms with Gasteiger partial charge in [-0.3, -0.25) is 14.5 Å². The normalized spacial score (nSPS) is 16.2. The summed E-state index contributed by atoms with van der Waals surface area (Å²) < 4.78 is 5.13. The Hall–Kier alpha value is -2.60. The van der Waals surface area contributed by atoms with Gasteiger partial charge in [0.1, 0.15) is 6.04 Å². The van der Waals surface area contributed by atoms with Crippen LogP contribution in [0.3, 0.4) is 0 Å². The Morgan fingerprint density at radius 2 is 1.75 bits per heavy atom. The molecule has 1 saturated heterocycles. The molecular formula is C22H29N3O3. The molecule has 0 radical (unpaired) electrons. The molecule has 1 aromatic heterocycles. The molecule has 1 N–H and O–H groups in total. The second-order valence-electron chi connectivity index (χ2n) is 7.57. The van der Waals surface area contributed by atoms with Crippen LogP contribution >= 0.6 is 0 Å². The fourth-order valence-electron chi connectivity index (χ4n) is 3.45. The van der Waals surface area contributed by atoms with Gasteiger partial charge in [0.15, 0.2) is 5.76 Å². The van der Waals surface area contributed by atoms with E-state index in [2.05, 4.69) is 34.5 Å². The SMILES string of the molecule is CC(C)[C@H](NC(=O)c1ccco1)C(=O)N1CCN(CCc2ccccc2)CC1. The Balaban J connectivity index is 1.50. The van der Waals surface area contributed by atoms with Crippen LogP contribution in [0.1, 0.15) is 30.0 Å². The lowest BCUT2D eigenvalue weighted by molar-refractivity contribution is -0.136. The molecule has 28 heavy (non-hydrogen) atoms. The topological polar surface area (TPSA) is 65.8 Å². The van der Waals surface area contributed by atoms with Gasteiger partial charge in [0, 0.05) is 32.7 Å². The second kappa shape index (κ2) is 9.55. The summed E-state index contributed by atoms with van der Waals surface area (Å²) in [4.78, 5) is 29.5. The Bertz CT molecular complexity index is 751. The van der Waals surface area contributed by atoms with Crippen LogP contribution in [-0.4, -0.2) is 60.4 Å². The zero-order valence-electron chi connectivity index (χ0n) is 16.6. The lowest BCUT2D eigenvalue weighted by atomic mass is 10.0. The minimum absolute atomic E-state index is 0.00234. The van der Waals surface area contributed by atoms with Crippen molar-refractivity contribution in [2.45, 2.75) is 26.3 Å². The first-order chi connectivity index (χ1) is 13.5. The smallest absolute Gasteiger partial charge is 0.287 e. The lowest BCUT2D eigenvalue weighted by Crippen LogP contribution is -2.56. The first-order valence-corrected chi connectivity index (χ1v) is 9.94. The Morgan fingerprint density at radius 1 is 1.04 bits per heavy atom. The van der Waals surface area contributed by atoms with Crippen molar-refractivity contribution < 1.29 is 14.0 Å². The Kier molecular flexibility index (Phi) is 6.87. The number of hydrogen-bond donors (Lipinski definition) is 1. The minimum Gasteiger partial charge on any atom is -0.459 e. The zero-order chi connectivity index (χ0) is 19.9. The van der Waals surface area contributed by atoms with E-state index in [0.717, 1.165) is 26.1 Å². The highest BCUT2D eigenvalue weighted by Crippen LogP contribution is 2.12. The quantitative estimate of drug-likeness (QED) is 0.797. The zero-order valence-corrected chi connectivity index (χ0v) is 16.6. The highest BCUT2D eigenvalue weighted by molar-refractivity contribution is 5.95. The van der Waals surface area contributed by atoms with Gasteiger partial charge in [-0.2, -0.15) is 0 Å². The molecule has 2 aromatic rings. The molecule has 1 atom stereocenters. The molecule has 0 aliphatic carbocycles. The van der Waals surface area contributed by atoms with Crippen LogP contribution in [0.2, 0.25) is 0 Å². The van der Waals surface area contributed by atoms with Gasteiger partial charge in [0.2, 0.25) is 5.91 Å². The highest BCUT2D eigenvalue weighted by Gasteiger charge is 2.31. The number of carbonyl (C=O) groups excluding carboxylic acids is 2. The van der Waals surface area contributed by atoms with E-state index in [1.807, 2.05) is 24.8 Å². The number of piperazine rings is 1. The van der Waals surface area contributed by atoms with E-state index in [1.54, 1.807) is 12.1 Å². The van der Waals surface area contributed by atoms with E-state index in [9.17, 15) is 9.59 Å². The van der Waals surface area contributed by atoms with Crippen molar-refractivity contribution in [1.29, 1.82) is 0 Å². The molecule has 2 heterocycles. The fourth-order valence-corrected chi connectivity index (χ4v) is 3.45. The maximum atomic E-state index is 13.0. The van der Waals surface area contributed by atoms with Crippen LogP contribution in [0.25, 0.3) is 0 Å². The van der Waals surface area contributed by atoms with Crippen LogP contribution in [-0.2, 0) is 11.2 Å². The summed E-state index contributed by atoms with van der Waals surface area (Å²) >= 11 is 0. The maximum absolute atomic E-state index is 13.0. The summed E-state index contributed by atoms with van der Waals surface area (Å²) in [5.74, 6) is -0.136. The van der Waals surface area contributed by atoms with Crippen LogP contribution in [0.4, 0.5) is 0 Å². The predicted octanol–water partition coefficient (Wildman–Crippen LogP) is 2.42. The Morgan fingerprint density at radius 3 is 2.36 bits per heavy atom. The van der Waals surface area contributed by atoms with Crippen LogP contribution < -0.4 is 5.32 Å². The second-order valence-corrected chi connectivity index (χ2v) is 7.57. The van der Waals surface area contributed by atoms with Crippen molar-refractivity contribution >= 4 is 11.8 Å². The van der Waals surface area contributed by atoms with Crippen molar-refractivity contribution in [1.82, 2.24) is 15.1 Å². The minimum atomic E-state index is -0.548. The summed E-state index contributed by atoms with van der Waals surface area (Å²) in [5.41, 5.74) is 1.33. The van der Waals surface area contributed by atoms with E-state index in [0.29, 0.717) is 13.1 Å². The number of furan rings is 1. The lowest BCUT2D eigenvalue weighted by Gasteiger charge is -2.37. The van der Waals surface area contributed by atoms with Gasteiger partial charge >= 0.3 is 0 Å². The van der Waals surface area contributed by atoms with E-state index in [-0.39, 0.29) is 23.5 Å². The van der Waals surface area contributed by atoms with Gasteiger partial charge in [-0.1, -0.05) is 44.2 Å². The van der Waals surface area contributed by atoms with Gasteiger partial charge in [-0.15, -0.1) is 0 Å². The standard InChI is InChI=1S/C22H29N3O3/c1-17(2)20(23-21(26)19-9-6-16-28-19)22(27)25-14-12-24(13-15-25)11-10-18-7-4-3-5-8-18/h3-9,16-17,20H,10-15H2,1-2H3,(H,23,26)/t20-/m0/s1. The summed E-state index contributed by atoms with van der Waals surface area (Å²) in [7, 11) is 0. The van der Waals surface area contributed by atoms with Crippen molar-refractivity contribution in [3.8, 4) is 0 Å². The maximum Gasteiger partial charge on any atom is 0.287 e. The van der Waals surface area contributed by atoms with Crippen molar-refractivity contribution in [3.63, 3.8) is 0 Å². The molecule has 0 unspecified atom stereocenters. The van der Waals surface area contributed by atoms with E-state index in [1.165, 1.54) is 11.8 Å².